The third-order valence-electron chi connectivity index (χ3n) is 4.17. The van der Waals surface area contributed by atoms with Crippen molar-refractivity contribution in [3.05, 3.63) is 29.8 Å². The van der Waals surface area contributed by atoms with E-state index in [0.717, 1.165) is 17.3 Å². The summed E-state index contributed by atoms with van der Waals surface area (Å²) in [6.07, 6.45) is 6.35. The number of nitrogens with one attached hydrogen (secondary N) is 1. The predicted molar refractivity (Wildman–Crippen MR) is 93.3 cm³/mol. The Morgan fingerprint density at radius 1 is 1.27 bits per heavy atom. The van der Waals surface area contributed by atoms with Crippen molar-refractivity contribution in [2.24, 2.45) is 0 Å². The van der Waals surface area contributed by atoms with E-state index in [1.54, 1.807) is 12.1 Å². The summed E-state index contributed by atoms with van der Waals surface area (Å²) in [6.45, 7) is 3.06. The number of carbonyl (C=O) groups excluding carboxylic acids is 1. The molecule has 0 atom stereocenters. The van der Waals surface area contributed by atoms with Crippen molar-refractivity contribution in [1.82, 2.24) is 4.90 Å². The maximum Gasteiger partial charge on any atom is 0.337 e. The van der Waals surface area contributed by atoms with Crippen molar-refractivity contribution in [1.29, 1.82) is 0 Å². The van der Waals surface area contributed by atoms with E-state index in [2.05, 4.69) is 17.1 Å². The number of methoxy groups -OCH3 is 1. The fraction of sp³-hybridized carbons (Fsp3) is 0.529. The van der Waals surface area contributed by atoms with E-state index in [1.165, 1.54) is 39.2 Å². The Bertz CT molecular complexity index is 510. The lowest BCUT2D eigenvalue weighted by Crippen LogP contribution is -2.43. The predicted octanol–water partition coefficient (Wildman–Crippen LogP) is 3.82. The summed E-state index contributed by atoms with van der Waals surface area (Å²) in [5.74, 6) is -0.327. The maximum atomic E-state index is 11.4. The maximum absolute atomic E-state index is 11.4. The second-order valence-electron chi connectivity index (χ2n) is 5.58. The lowest BCUT2D eigenvalue weighted by Gasteiger charge is -2.35. The van der Waals surface area contributed by atoms with Crippen LogP contribution in [-0.2, 0) is 4.74 Å². The normalized spacial score (nSPS) is 15.2. The molecule has 4 nitrogen and oxygen atoms in total. The Morgan fingerprint density at radius 2 is 1.91 bits per heavy atom. The SMILES string of the molecule is CCN(C(=S)Nc1ccc(C(=O)OC)cc1)C1CCCCC1. The zero-order chi connectivity index (χ0) is 15.9. The van der Waals surface area contributed by atoms with E-state index in [1.807, 2.05) is 12.1 Å². The summed E-state index contributed by atoms with van der Waals surface area (Å²) >= 11 is 5.57. The first-order chi connectivity index (χ1) is 10.7. The summed E-state index contributed by atoms with van der Waals surface area (Å²) in [5, 5.41) is 4.04. The van der Waals surface area contributed by atoms with Crippen LogP contribution in [0.15, 0.2) is 24.3 Å². The van der Waals surface area contributed by atoms with Crippen molar-refractivity contribution >= 4 is 29.0 Å². The first kappa shape index (κ1) is 16.7. The number of rotatable bonds is 4. The molecule has 1 saturated carbocycles. The molecule has 120 valence electrons. The third kappa shape index (κ3) is 4.19. The Labute approximate surface area is 137 Å². The lowest BCUT2D eigenvalue weighted by atomic mass is 9.94. The number of nitrogens with zero attached hydrogens (tertiary/aromatic N) is 1. The van der Waals surface area contributed by atoms with Crippen LogP contribution in [0, 0.1) is 0 Å². The minimum absolute atomic E-state index is 0.327. The van der Waals surface area contributed by atoms with Gasteiger partial charge in [0, 0.05) is 18.3 Å². The van der Waals surface area contributed by atoms with E-state index in [0.29, 0.717) is 11.6 Å². The van der Waals surface area contributed by atoms with Crippen molar-refractivity contribution in [3.63, 3.8) is 0 Å². The summed E-state index contributed by atoms with van der Waals surface area (Å²) in [5.41, 5.74) is 1.44. The van der Waals surface area contributed by atoms with Gasteiger partial charge in [0.2, 0.25) is 0 Å². The van der Waals surface area contributed by atoms with Gasteiger partial charge in [-0.2, -0.15) is 0 Å². The molecule has 0 radical (unpaired) electrons. The molecule has 1 aliphatic rings. The van der Waals surface area contributed by atoms with Crippen LogP contribution in [0.1, 0.15) is 49.4 Å². The number of ether oxygens (including phenoxy) is 1. The zero-order valence-electron chi connectivity index (χ0n) is 13.3. The Kier molecular flexibility index (Phi) is 6.19. The quantitative estimate of drug-likeness (QED) is 0.674. The third-order valence-corrected chi connectivity index (χ3v) is 4.51. The van der Waals surface area contributed by atoms with Gasteiger partial charge in [-0.05, 0) is 56.2 Å². The van der Waals surface area contributed by atoms with E-state index in [-0.39, 0.29) is 5.97 Å². The van der Waals surface area contributed by atoms with Crippen molar-refractivity contribution in [2.75, 3.05) is 19.0 Å². The van der Waals surface area contributed by atoms with Crippen LogP contribution in [0.2, 0.25) is 0 Å². The standard InChI is InChI=1S/C17H24N2O2S/c1-3-19(15-7-5-4-6-8-15)17(22)18-14-11-9-13(10-12-14)16(20)21-2/h9-12,15H,3-8H2,1-2H3,(H,18,22). The van der Waals surface area contributed by atoms with Gasteiger partial charge in [-0.1, -0.05) is 19.3 Å². The fourth-order valence-corrected chi connectivity index (χ4v) is 3.36. The van der Waals surface area contributed by atoms with Gasteiger partial charge in [0.05, 0.1) is 12.7 Å². The number of benzene rings is 1. The van der Waals surface area contributed by atoms with E-state index >= 15 is 0 Å². The second-order valence-corrected chi connectivity index (χ2v) is 5.96. The van der Waals surface area contributed by atoms with Gasteiger partial charge < -0.3 is 15.0 Å². The van der Waals surface area contributed by atoms with Gasteiger partial charge in [0.15, 0.2) is 5.11 Å². The molecule has 0 aromatic heterocycles. The average molecular weight is 320 g/mol. The summed E-state index contributed by atoms with van der Waals surface area (Å²) < 4.78 is 4.70. The van der Waals surface area contributed by atoms with Crippen molar-refractivity contribution in [3.8, 4) is 0 Å². The number of esters is 1. The highest BCUT2D eigenvalue weighted by molar-refractivity contribution is 7.80. The first-order valence-electron chi connectivity index (χ1n) is 7.91. The molecule has 0 unspecified atom stereocenters. The minimum Gasteiger partial charge on any atom is -0.465 e. The minimum atomic E-state index is -0.327. The van der Waals surface area contributed by atoms with Gasteiger partial charge in [0.25, 0.3) is 0 Å². The molecule has 0 amide bonds. The van der Waals surface area contributed by atoms with Crippen LogP contribution < -0.4 is 5.32 Å². The topological polar surface area (TPSA) is 41.6 Å². The van der Waals surface area contributed by atoms with Crippen molar-refractivity contribution in [2.45, 2.75) is 45.1 Å². The Balaban J connectivity index is 1.98. The highest BCUT2D eigenvalue weighted by atomic mass is 32.1. The fourth-order valence-electron chi connectivity index (χ4n) is 2.96. The Hall–Kier alpha value is -1.62. The number of hydrogen-bond donors (Lipinski definition) is 1. The molecular weight excluding hydrogens is 296 g/mol. The monoisotopic (exact) mass is 320 g/mol. The molecule has 1 N–H and O–H groups in total. The van der Waals surface area contributed by atoms with Gasteiger partial charge in [-0.25, -0.2) is 4.79 Å². The number of anilines is 1. The highest BCUT2D eigenvalue weighted by Crippen LogP contribution is 2.23. The highest BCUT2D eigenvalue weighted by Gasteiger charge is 2.21. The van der Waals surface area contributed by atoms with Gasteiger partial charge in [0.1, 0.15) is 0 Å². The molecule has 2 rings (SSSR count). The van der Waals surface area contributed by atoms with Crippen LogP contribution in [0.5, 0.6) is 0 Å². The lowest BCUT2D eigenvalue weighted by molar-refractivity contribution is 0.0601. The average Bonchev–Trinajstić information content (AvgIpc) is 2.56. The molecule has 0 spiro atoms. The number of hydrogen-bond acceptors (Lipinski definition) is 3. The van der Waals surface area contributed by atoms with E-state index in [4.69, 9.17) is 17.0 Å². The molecule has 1 fully saturated rings. The van der Waals surface area contributed by atoms with Gasteiger partial charge >= 0.3 is 5.97 Å². The zero-order valence-corrected chi connectivity index (χ0v) is 14.1. The van der Waals surface area contributed by atoms with Gasteiger partial charge in [-0.15, -0.1) is 0 Å². The van der Waals surface area contributed by atoms with Crippen LogP contribution in [0.4, 0.5) is 5.69 Å². The molecule has 1 aliphatic carbocycles. The van der Waals surface area contributed by atoms with Gasteiger partial charge in [-0.3, -0.25) is 0 Å². The molecule has 5 heteroatoms. The molecular formula is C17H24N2O2S. The molecule has 1 aromatic rings. The van der Waals surface area contributed by atoms with Crippen LogP contribution >= 0.6 is 12.2 Å². The summed E-state index contributed by atoms with van der Waals surface area (Å²) in [6, 6.07) is 7.75. The van der Waals surface area contributed by atoms with Crippen LogP contribution in [0.3, 0.4) is 0 Å². The first-order valence-corrected chi connectivity index (χ1v) is 8.32. The van der Waals surface area contributed by atoms with E-state index in [9.17, 15) is 4.79 Å². The Morgan fingerprint density at radius 3 is 2.45 bits per heavy atom. The van der Waals surface area contributed by atoms with Crippen LogP contribution in [0.25, 0.3) is 0 Å². The molecule has 0 saturated heterocycles. The number of carbonyl (C=O) groups is 1. The van der Waals surface area contributed by atoms with E-state index < -0.39 is 0 Å². The smallest absolute Gasteiger partial charge is 0.337 e. The summed E-state index contributed by atoms with van der Waals surface area (Å²) in [7, 11) is 1.38. The second kappa shape index (κ2) is 8.13. The summed E-state index contributed by atoms with van der Waals surface area (Å²) in [4.78, 5) is 13.7. The molecule has 0 heterocycles. The molecule has 1 aromatic carbocycles. The van der Waals surface area contributed by atoms with Crippen LogP contribution in [-0.4, -0.2) is 35.7 Å². The molecule has 22 heavy (non-hydrogen) atoms. The molecule has 0 aliphatic heterocycles. The largest absolute Gasteiger partial charge is 0.465 e. The molecule has 0 bridgehead atoms. The van der Waals surface area contributed by atoms with Crippen molar-refractivity contribution < 1.29 is 9.53 Å². The number of thiocarbonyl (C=S) groups is 1.